The number of amides is 1. The first-order valence-corrected chi connectivity index (χ1v) is 11.1. The van der Waals surface area contributed by atoms with E-state index < -0.39 is 0 Å². The van der Waals surface area contributed by atoms with Crippen LogP contribution in [0.2, 0.25) is 0 Å². The molecule has 1 saturated heterocycles. The van der Waals surface area contributed by atoms with Gasteiger partial charge in [-0.2, -0.15) is 5.10 Å². The van der Waals surface area contributed by atoms with Gasteiger partial charge in [0.15, 0.2) is 0 Å². The Hall–Kier alpha value is -3.19. The van der Waals surface area contributed by atoms with E-state index in [1.165, 1.54) is 10.2 Å². The molecule has 1 amide bonds. The van der Waals surface area contributed by atoms with Gasteiger partial charge >= 0.3 is 0 Å². The molecule has 2 heterocycles. The molecule has 1 aromatic heterocycles. The van der Waals surface area contributed by atoms with Crippen LogP contribution in [0.3, 0.4) is 0 Å². The van der Waals surface area contributed by atoms with Gasteiger partial charge in [-0.05, 0) is 63.0 Å². The topological polar surface area (TPSA) is 76.5 Å². The lowest BCUT2D eigenvalue weighted by Crippen LogP contribution is -2.43. The third-order valence-electron chi connectivity index (χ3n) is 6.37. The number of aryl methyl sites for hydroxylation is 1. The van der Waals surface area contributed by atoms with E-state index in [9.17, 15) is 9.59 Å². The van der Waals surface area contributed by atoms with E-state index in [1.54, 1.807) is 13.2 Å². The monoisotopic (exact) mass is 434 g/mol. The van der Waals surface area contributed by atoms with Gasteiger partial charge in [-0.15, -0.1) is 0 Å². The van der Waals surface area contributed by atoms with Gasteiger partial charge in [0.2, 0.25) is 5.91 Å². The fourth-order valence-electron chi connectivity index (χ4n) is 4.75. The molecule has 1 fully saturated rings. The molecule has 3 aromatic rings. The first-order valence-electron chi connectivity index (χ1n) is 11.1. The zero-order valence-corrected chi connectivity index (χ0v) is 18.9. The van der Waals surface area contributed by atoms with Crippen LogP contribution in [0, 0.1) is 12.8 Å². The number of aromatic nitrogens is 2. The van der Waals surface area contributed by atoms with Crippen LogP contribution in [-0.2, 0) is 11.3 Å². The Morgan fingerprint density at radius 2 is 1.88 bits per heavy atom. The lowest BCUT2D eigenvalue weighted by molar-refractivity contribution is -0.122. The normalized spacial score (nSPS) is 19.1. The molecule has 7 heteroatoms. The van der Waals surface area contributed by atoms with E-state index in [2.05, 4.69) is 34.5 Å². The molecule has 4 rings (SSSR count). The van der Waals surface area contributed by atoms with Crippen molar-refractivity contribution in [1.82, 2.24) is 20.0 Å². The molecule has 7 nitrogen and oxygen atoms in total. The Morgan fingerprint density at radius 3 is 2.59 bits per heavy atom. The van der Waals surface area contributed by atoms with E-state index in [1.807, 2.05) is 37.3 Å². The predicted octanol–water partition coefficient (Wildman–Crippen LogP) is 2.91. The number of piperidine rings is 1. The van der Waals surface area contributed by atoms with Crippen molar-refractivity contribution in [2.24, 2.45) is 5.92 Å². The standard InChI is InChI=1S/C25H30N4O3/c1-17-21-8-4-5-9-22(21)25(31)29(27-17)16-23(30)26-15-19-7-6-14-28(2)24(19)18-10-12-20(32-3)13-11-18/h4-5,8-13,19,24H,6-7,14-16H2,1-3H3,(H,26,30). The Kier molecular flexibility index (Phi) is 6.55. The van der Waals surface area contributed by atoms with Crippen LogP contribution >= 0.6 is 0 Å². The molecule has 0 saturated carbocycles. The molecule has 0 aliphatic carbocycles. The second-order valence-corrected chi connectivity index (χ2v) is 8.50. The fourth-order valence-corrected chi connectivity index (χ4v) is 4.75. The average molecular weight is 435 g/mol. The van der Waals surface area contributed by atoms with Gasteiger partial charge in [0, 0.05) is 18.0 Å². The van der Waals surface area contributed by atoms with Crippen molar-refractivity contribution in [3.8, 4) is 5.75 Å². The number of benzene rings is 2. The highest BCUT2D eigenvalue weighted by Crippen LogP contribution is 2.35. The van der Waals surface area contributed by atoms with Crippen LogP contribution in [0.5, 0.6) is 5.75 Å². The first-order chi connectivity index (χ1) is 15.5. The minimum atomic E-state index is -0.241. The van der Waals surface area contributed by atoms with Gasteiger partial charge in [0.1, 0.15) is 12.3 Å². The molecule has 2 aromatic carbocycles. The summed E-state index contributed by atoms with van der Waals surface area (Å²) >= 11 is 0. The summed E-state index contributed by atoms with van der Waals surface area (Å²) in [4.78, 5) is 27.8. The van der Waals surface area contributed by atoms with Crippen LogP contribution in [0.1, 0.15) is 30.1 Å². The Bertz CT molecular complexity index is 1160. The van der Waals surface area contributed by atoms with Gasteiger partial charge in [-0.1, -0.05) is 30.3 Å². The van der Waals surface area contributed by atoms with Crippen LogP contribution in [-0.4, -0.2) is 47.8 Å². The summed E-state index contributed by atoms with van der Waals surface area (Å²) in [5, 5.41) is 8.80. The maximum Gasteiger partial charge on any atom is 0.275 e. The predicted molar refractivity (Wildman–Crippen MR) is 125 cm³/mol. The molecule has 2 unspecified atom stereocenters. The number of methoxy groups -OCH3 is 1. The van der Waals surface area contributed by atoms with Crippen molar-refractivity contribution < 1.29 is 9.53 Å². The molecule has 2 atom stereocenters. The lowest BCUT2D eigenvalue weighted by Gasteiger charge is -2.39. The molecular formula is C25H30N4O3. The smallest absolute Gasteiger partial charge is 0.275 e. The van der Waals surface area contributed by atoms with Crippen molar-refractivity contribution in [3.63, 3.8) is 0 Å². The molecule has 0 spiro atoms. The lowest BCUT2D eigenvalue weighted by atomic mass is 9.85. The largest absolute Gasteiger partial charge is 0.497 e. The summed E-state index contributed by atoms with van der Waals surface area (Å²) in [6, 6.07) is 15.7. The first kappa shape index (κ1) is 22.0. The number of hydrogen-bond acceptors (Lipinski definition) is 5. The number of nitrogens with one attached hydrogen (secondary N) is 1. The van der Waals surface area contributed by atoms with Crippen molar-refractivity contribution >= 4 is 16.7 Å². The number of carbonyl (C=O) groups is 1. The fraction of sp³-hybridized carbons (Fsp3) is 0.400. The zero-order chi connectivity index (χ0) is 22.7. The highest BCUT2D eigenvalue weighted by Gasteiger charge is 2.30. The van der Waals surface area contributed by atoms with Crippen LogP contribution in [0.4, 0.5) is 0 Å². The Labute approximate surface area is 188 Å². The van der Waals surface area contributed by atoms with E-state index in [4.69, 9.17) is 4.74 Å². The van der Waals surface area contributed by atoms with Crippen molar-refractivity contribution in [2.75, 3.05) is 27.2 Å². The summed E-state index contributed by atoms with van der Waals surface area (Å²) in [6.45, 7) is 3.35. The van der Waals surface area contributed by atoms with E-state index in [0.717, 1.165) is 36.2 Å². The Balaban J connectivity index is 1.46. The van der Waals surface area contributed by atoms with Gasteiger partial charge in [-0.25, -0.2) is 4.68 Å². The molecule has 1 aliphatic heterocycles. The summed E-state index contributed by atoms with van der Waals surface area (Å²) in [5.41, 5.74) is 1.71. The van der Waals surface area contributed by atoms with Crippen LogP contribution in [0.25, 0.3) is 10.8 Å². The SMILES string of the molecule is COc1ccc(C2C(CNC(=O)Cn3nc(C)c4ccccc4c3=O)CCCN2C)cc1. The quantitative estimate of drug-likeness (QED) is 0.646. The molecule has 168 valence electrons. The van der Waals surface area contributed by atoms with Crippen LogP contribution < -0.4 is 15.6 Å². The number of carbonyl (C=O) groups excluding carboxylic acids is 1. The van der Waals surface area contributed by atoms with Crippen molar-refractivity contribution in [2.45, 2.75) is 32.4 Å². The maximum absolute atomic E-state index is 12.8. The number of fused-ring (bicyclic) bond motifs is 1. The number of rotatable bonds is 6. The minimum absolute atomic E-state index is 0.0831. The number of ether oxygens (including phenoxy) is 1. The van der Waals surface area contributed by atoms with Gasteiger partial charge in [0.05, 0.1) is 18.2 Å². The van der Waals surface area contributed by atoms with Crippen molar-refractivity contribution in [1.29, 1.82) is 0 Å². The Morgan fingerprint density at radius 1 is 1.16 bits per heavy atom. The van der Waals surface area contributed by atoms with Gasteiger partial charge in [0.25, 0.3) is 5.56 Å². The van der Waals surface area contributed by atoms with Gasteiger partial charge < -0.3 is 10.1 Å². The summed E-state index contributed by atoms with van der Waals surface area (Å²) < 4.78 is 6.55. The molecule has 1 N–H and O–H groups in total. The second-order valence-electron chi connectivity index (χ2n) is 8.50. The van der Waals surface area contributed by atoms with Crippen molar-refractivity contribution in [3.05, 3.63) is 70.1 Å². The number of likely N-dealkylation sites (tertiary alicyclic amines) is 1. The zero-order valence-electron chi connectivity index (χ0n) is 18.9. The van der Waals surface area contributed by atoms with Gasteiger partial charge in [-0.3, -0.25) is 14.5 Å². The average Bonchev–Trinajstić information content (AvgIpc) is 2.81. The third-order valence-corrected chi connectivity index (χ3v) is 6.37. The maximum atomic E-state index is 12.8. The summed E-state index contributed by atoms with van der Waals surface area (Å²) in [7, 11) is 3.79. The van der Waals surface area contributed by atoms with E-state index in [0.29, 0.717) is 11.9 Å². The van der Waals surface area contributed by atoms with Crippen LogP contribution in [0.15, 0.2) is 53.3 Å². The minimum Gasteiger partial charge on any atom is -0.497 e. The summed E-state index contributed by atoms with van der Waals surface area (Å²) in [5.74, 6) is 0.922. The van der Waals surface area contributed by atoms with E-state index >= 15 is 0 Å². The molecular weight excluding hydrogens is 404 g/mol. The second kappa shape index (κ2) is 9.53. The number of nitrogens with zero attached hydrogens (tertiary/aromatic N) is 3. The highest BCUT2D eigenvalue weighted by molar-refractivity contribution is 5.83. The molecule has 32 heavy (non-hydrogen) atoms. The molecule has 1 aliphatic rings. The third kappa shape index (κ3) is 4.53. The number of hydrogen-bond donors (Lipinski definition) is 1. The molecule has 0 bridgehead atoms. The molecule has 0 radical (unpaired) electrons. The van der Waals surface area contributed by atoms with E-state index in [-0.39, 0.29) is 30.0 Å². The summed E-state index contributed by atoms with van der Waals surface area (Å²) in [6.07, 6.45) is 2.13. The highest BCUT2D eigenvalue weighted by atomic mass is 16.5.